The molecule has 2 fully saturated rings. The topological polar surface area (TPSA) is 54.8 Å². The number of ether oxygens (including phenoxy) is 1. The van der Waals surface area contributed by atoms with Crippen LogP contribution in [0, 0.1) is 13.8 Å². The molecule has 2 aliphatic rings. The van der Waals surface area contributed by atoms with E-state index in [1.54, 1.807) is 0 Å². The van der Waals surface area contributed by atoms with Crippen molar-refractivity contribution in [2.45, 2.75) is 39.2 Å². The van der Waals surface area contributed by atoms with Crippen molar-refractivity contribution < 1.29 is 14.3 Å². The van der Waals surface area contributed by atoms with Gasteiger partial charge in [-0.2, -0.15) is 0 Å². The lowest BCUT2D eigenvalue weighted by Gasteiger charge is -2.34. The van der Waals surface area contributed by atoms with Gasteiger partial charge in [0.05, 0.1) is 19.6 Å². The Kier molecular flexibility index (Phi) is 6.23. The van der Waals surface area contributed by atoms with Crippen LogP contribution in [0.25, 0.3) is 0 Å². The molecule has 2 heterocycles. The lowest BCUT2D eigenvalue weighted by molar-refractivity contribution is -0.133. The Labute approximate surface area is 178 Å². The van der Waals surface area contributed by atoms with Crippen molar-refractivity contribution >= 4 is 11.7 Å². The van der Waals surface area contributed by atoms with E-state index < -0.39 is 0 Å². The molecule has 0 unspecified atom stereocenters. The van der Waals surface area contributed by atoms with Gasteiger partial charge in [-0.05, 0) is 44.9 Å². The second kappa shape index (κ2) is 9.04. The average Bonchev–Trinajstić information content (AvgIpc) is 3.53. The first kappa shape index (κ1) is 20.7. The van der Waals surface area contributed by atoms with Crippen LogP contribution in [-0.2, 0) is 4.79 Å². The maximum Gasteiger partial charge on any atom is 0.226 e. The molecule has 1 saturated heterocycles. The van der Waals surface area contributed by atoms with Gasteiger partial charge in [0.2, 0.25) is 5.91 Å². The van der Waals surface area contributed by atoms with Gasteiger partial charge in [-0.25, -0.2) is 0 Å². The standard InChI is InChI=1S/C24H31N3O3/c1-18-16-22(19(2)27(18)20-8-9-20)23(28)17-25-11-13-26(14-12-25)24(29)10-15-30-21-6-4-3-5-7-21/h3-7,16,20H,8-15,17H2,1-2H3. The number of carbonyl (C=O) groups is 2. The summed E-state index contributed by atoms with van der Waals surface area (Å²) in [7, 11) is 0. The van der Waals surface area contributed by atoms with Gasteiger partial charge in [0.1, 0.15) is 5.75 Å². The first-order valence-electron chi connectivity index (χ1n) is 10.9. The summed E-state index contributed by atoms with van der Waals surface area (Å²) in [5.41, 5.74) is 3.15. The largest absolute Gasteiger partial charge is 0.493 e. The third-order valence-corrected chi connectivity index (χ3v) is 6.12. The molecule has 4 rings (SSSR count). The van der Waals surface area contributed by atoms with Crippen LogP contribution < -0.4 is 4.74 Å². The maximum absolute atomic E-state index is 12.9. The molecule has 6 heteroatoms. The first-order valence-corrected chi connectivity index (χ1v) is 10.9. The molecule has 2 aromatic rings. The zero-order valence-electron chi connectivity index (χ0n) is 18.0. The Morgan fingerprint density at radius 3 is 2.40 bits per heavy atom. The molecule has 1 aromatic carbocycles. The van der Waals surface area contributed by atoms with Gasteiger partial charge in [-0.3, -0.25) is 14.5 Å². The number of ketones is 1. The molecule has 30 heavy (non-hydrogen) atoms. The summed E-state index contributed by atoms with van der Waals surface area (Å²) in [6.45, 7) is 7.76. The molecular formula is C24H31N3O3. The van der Waals surface area contributed by atoms with Gasteiger partial charge >= 0.3 is 0 Å². The van der Waals surface area contributed by atoms with E-state index in [1.165, 1.54) is 18.5 Å². The Morgan fingerprint density at radius 2 is 1.73 bits per heavy atom. The maximum atomic E-state index is 12.9. The second-order valence-corrected chi connectivity index (χ2v) is 8.38. The SMILES string of the molecule is Cc1cc(C(=O)CN2CCN(C(=O)CCOc3ccccc3)CC2)c(C)n1C1CC1. The quantitative estimate of drug-likeness (QED) is 0.628. The third-order valence-electron chi connectivity index (χ3n) is 6.12. The number of piperazine rings is 1. The van der Waals surface area contributed by atoms with Crippen molar-refractivity contribution in [2.75, 3.05) is 39.3 Å². The highest BCUT2D eigenvalue weighted by molar-refractivity contribution is 5.99. The minimum absolute atomic E-state index is 0.116. The van der Waals surface area contributed by atoms with Crippen molar-refractivity contribution in [3.05, 3.63) is 53.3 Å². The third kappa shape index (κ3) is 4.75. The van der Waals surface area contributed by atoms with Gasteiger partial charge in [0, 0.05) is 49.2 Å². The zero-order valence-corrected chi connectivity index (χ0v) is 18.0. The van der Waals surface area contributed by atoms with E-state index in [2.05, 4.69) is 23.3 Å². The molecule has 6 nitrogen and oxygen atoms in total. The molecule has 0 spiro atoms. The summed E-state index contributed by atoms with van der Waals surface area (Å²) >= 11 is 0. The Balaban J connectivity index is 1.22. The van der Waals surface area contributed by atoms with Gasteiger partial charge in [-0.15, -0.1) is 0 Å². The zero-order chi connectivity index (χ0) is 21.1. The van der Waals surface area contributed by atoms with Crippen molar-refractivity contribution in [3.8, 4) is 5.75 Å². The molecular weight excluding hydrogens is 378 g/mol. The number of nitrogens with zero attached hydrogens (tertiary/aromatic N) is 3. The van der Waals surface area contributed by atoms with Crippen molar-refractivity contribution in [3.63, 3.8) is 0 Å². The van der Waals surface area contributed by atoms with E-state index in [0.717, 1.165) is 30.1 Å². The van der Waals surface area contributed by atoms with E-state index in [-0.39, 0.29) is 11.7 Å². The highest BCUT2D eigenvalue weighted by Gasteiger charge is 2.29. The summed E-state index contributed by atoms with van der Waals surface area (Å²) in [6, 6.07) is 12.2. The van der Waals surface area contributed by atoms with Crippen LogP contribution in [0.1, 0.15) is 47.1 Å². The van der Waals surface area contributed by atoms with Crippen LogP contribution in [0.2, 0.25) is 0 Å². The predicted molar refractivity (Wildman–Crippen MR) is 116 cm³/mol. The van der Waals surface area contributed by atoms with E-state index in [1.807, 2.05) is 41.3 Å². The number of aromatic nitrogens is 1. The van der Waals surface area contributed by atoms with E-state index in [4.69, 9.17) is 4.74 Å². The van der Waals surface area contributed by atoms with Gasteiger partial charge in [0.25, 0.3) is 0 Å². The smallest absolute Gasteiger partial charge is 0.226 e. The van der Waals surface area contributed by atoms with Crippen molar-refractivity contribution in [1.29, 1.82) is 0 Å². The number of Topliss-reactive ketones (excluding diaryl/α,β-unsaturated/α-hetero) is 1. The summed E-state index contributed by atoms with van der Waals surface area (Å²) in [5.74, 6) is 1.09. The number of hydrogen-bond donors (Lipinski definition) is 0. The number of aryl methyl sites for hydroxylation is 1. The Morgan fingerprint density at radius 1 is 1.03 bits per heavy atom. The van der Waals surface area contributed by atoms with Crippen LogP contribution in [0.15, 0.2) is 36.4 Å². The van der Waals surface area contributed by atoms with Crippen LogP contribution in [0.4, 0.5) is 0 Å². The van der Waals surface area contributed by atoms with E-state index in [9.17, 15) is 9.59 Å². The van der Waals surface area contributed by atoms with Crippen LogP contribution in [0.5, 0.6) is 5.75 Å². The molecule has 0 atom stereocenters. The lowest BCUT2D eigenvalue weighted by Crippen LogP contribution is -2.50. The molecule has 1 aromatic heterocycles. The molecule has 1 aliphatic heterocycles. The molecule has 1 amide bonds. The number of para-hydroxylation sites is 1. The average molecular weight is 410 g/mol. The van der Waals surface area contributed by atoms with Gasteiger partial charge in [-0.1, -0.05) is 18.2 Å². The first-order chi connectivity index (χ1) is 14.5. The minimum Gasteiger partial charge on any atom is -0.493 e. The highest BCUT2D eigenvalue weighted by Crippen LogP contribution is 2.38. The fourth-order valence-electron chi connectivity index (χ4n) is 4.33. The summed E-state index contributed by atoms with van der Waals surface area (Å²) in [4.78, 5) is 29.4. The van der Waals surface area contributed by atoms with Gasteiger partial charge in [0.15, 0.2) is 5.78 Å². The normalized spacial score (nSPS) is 17.2. The Bertz CT molecular complexity index is 894. The van der Waals surface area contributed by atoms with Crippen LogP contribution >= 0.6 is 0 Å². The molecule has 0 bridgehead atoms. The molecule has 0 N–H and O–H groups in total. The highest BCUT2D eigenvalue weighted by atomic mass is 16.5. The van der Waals surface area contributed by atoms with Crippen molar-refractivity contribution in [1.82, 2.24) is 14.4 Å². The Hall–Kier alpha value is -2.60. The number of amides is 1. The lowest BCUT2D eigenvalue weighted by atomic mass is 10.1. The number of hydrogen-bond acceptors (Lipinski definition) is 4. The monoisotopic (exact) mass is 409 g/mol. The number of benzene rings is 1. The molecule has 1 aliphatic carbocycles. The van der Waals surface area contributed by atoms with Crippen LogP contribution in [-0.4, -0.2) is 65.4 Å². The fraction of sp³-hybridized carbons (Fsp3) is 0.500. The summed E-state index contributed by atoms with van der Waals surface area (Å²) in [5, 5.41) is 0. The van der Waals surface area contributed by atoms with E-state index >= 15 is 0 Å². The molecule has 1 saturated carbocycles. The fourth-order valence-corrected chi connectivity index (χ4v) is 4.33. The predicted octanol–water partition coefficient (Wildman–Crippen LogP) is 3.24. The number of carbonyl (C=O) groups excluding carboxylic acids is 2. The molecule has 0 radical (unpaired) electrons. The van der Waals surface area contributed by atoms with Crippen LogP contribution in [0.3, 0.4) is 0 Å². The summed E-state index contributed by atoms with van der Waals surface area (Å²) in [6.07, 6.45) is 2.81. The minimum atomic E-state index is 0.116. The molecule has 160 valence electrons. The number of rotatable bonds is 8. The second-order valence-electron chi connectivity index (χ2n) is 8.38. The summed E-state index contributed by atoms with van der Waals surface area (Å²) < 4.78 is 7.95. The van der Waals surface area contributed by atoms with Gasteiger partial charge < -0.3 is 14.2 Å². The van der Waals surface area contributed by atoms with Crippen molar-refractivity contribution in [2.24, 2.45) is 0 Å². The van der Waals surface area contributed by atoms with E-state index in [0.29, 0.717) is 38.7 Å².